The van der Waals surface area contributed by atoms with E-state index in [1.807, 2.05) is 0 Å². The van der Waals surface area contributed by atoms with Gasteiger partial charge in [0.2, 0.25) is 0 Å². The third-order valence-electron chi connectivity index (χ3n) is 1.70. The van der Waals surface area contributed by atoms with Crippen LogP contribution in [0.2, 0.25) is 0 Å². The van der Waals surface area contributed by atoms with Gasteiger partial charge in [-0.25, -0.2) is 4.39 Å². The van der Waals surface area contributed by atoms with Crippen molar-refractivity contribution in [1.29, 1.82) is 0 Å². The zero-order valence-electron chi connectivity index (χ0n) is 7.03. The van der Waals surface area contributed by atoms with E-state index in [0.717, 1.165) is 12.1 Å². The van der Waals surface area contributed by atoms with Crippen molar-refractivity contribution in [3.8, 4) is 0 Å². The van der Waals surface area contributed by atoms with Crippen LogP contribution in [0.1, 0.15) is 11.1 Å². The van der Waals surface area contributed by atoms with Crippen LogP contribution in [0.3, 0.4) is 0 Å². The summed E-state index contributed by atoms with van der Waals surface area (Å²) in [6.45, 7) is -0.0563. The van der Waals surface area contributed by atoms with Crippen molar-refractivity contribution in [3.63, 3.8) is 0 Å². The average molecular weight is 208 g/mol. The first kappa shape index (κ1) is 10.8. The van der Waals surface area contributed by atoms with Crippen molar-refractivity contribution in [3.05, 3.63) is 29.1 Å². The van der Waals surface area contributed by atoms with Crippen molar-refractivity contribution >= 4 is 5.69 Å². The summed E-state index contributed by atoms with van der Waals surface area (Å²) in [4.78, 5) is 0. The normalized spacial score (nSPS) is 11.8. The maximum Gasteiger partial charge on any atom is 0.421 e. The Kier molecular flexibility index (Phi) is 2.66. The van der Waals surface area contributed by atoms with Gasteiger partial charge in [0.15, 0.2) is 0 Å². The van der Waals surface area contributed by atoms with Crippen LogP contribution in [-0.2, 0) is 12.7 Å². The Morgan fingerprint density at radius 1 is 1.21 bits per heavy atom. The van der Waals surface area contributed by atoms with Crippen LogP contribution < -0.4 is 11.5 Å². The van der Waals surface area contributed by atoms with Gasteiger partial charge in [0.05, 0.1) is 0 Å². The van der Waals surface area contributed by atoms with Gasteiger partial charge in [-0.05, 0) is 17.7 Å². The monoisotopic (exact) mass is 208 g/mol. The number of hydrogen-bond donors (Lipinski definition) is 2. The van der Waals surface area contributed by atoms with Crippen LogP contribution in [0.4, 0.5) is 23.2 Å². The fourth-order valence-electron chi connectivity index (χ4n) is 1.10. The Hall–Kier alpha value is -1.30. The largest absolute Gasteiger partial charge is 0.421 e. The Morgan fingerprint density at radius 3 is 2.14 bits per heavy atom. The molecule has 1 aromatic carbocycles. The molecule has 78 valence electrons. The molecule has 6 heteroatoms. The molecule has 0 fully saturated rings. The lowest BCUT2D eigenvalue weighted by atomic mass is 10.1. The lowest BCUT2D eigenvalue weighted by Crippen LogP contribution is -2.13. The molecule has 0 spiro atoms. The van der Waals surface area contributed by atoms with Gasteiger partial charge in [-0.3, -0.25) is 0 Å². The van der Waals surface area contributed by atoms with E-state index in [0.29, 0.717) is 0 Å². The van der Waals surface area contributed by atoms with Gasteiger partial charge in [0.1, 0.15) is 11.4 Å². The van der Waals surface area contributed by atoms with Crippen molar-refractivity contribution in [2.75, 3.05) is 5.73 Å². The first-order valence-electron chi connectivity index (χ1n) is 3.71. The highest BCUT2D eigenvalue weighted by Crippen LogP contribution is 2.35. The number of nitrogens with two attached hydrogens (primary N) is 2. The van der Waals surface area contributed by atoms with Gasteiger partial charge < -0.3 is 11.5 Å². The average Bonchev–Trinajstić information content (AvgIpc) is 1.99. The van der Waals surface area contributed by atoms with E-state index < -0.39 is 23.2 Å². The highest BCUT2D eigenvalue weighted by atomic mass is 19.4. The molecular weight excluding hydrogens is 200 g/mol. The smallest absolute Gasteiger partial charge is 0.398 e. The Balaban J connectivity index is 3.33. The maximum absolute atomic E-state index is 12.9. The lowest BCUT2D eigenvalue weighted by Gasteiger charge is -2.12. The third-order valence-corrected chi connectivity index (χ3v) is 1.70. The number of benzene rings is 1. The highest BCUT2D eigenvalue weighted by Gasteiger charge is 2.36. The molecule has 0 saturated carbocycles. The molecule has 0 heterocycles. The molecule has 0 radical (unpaired) electrons. The molecule has 0 bridgehead atoms. The second kappa shape index (κ2) is 3.45. The second-order valence-corrected chi connectivity index (χ2v) is 2.74. The molecule has 4 N–H and O–H groups in total. The molecule has 2 nitrogen and oxygen atoms in total. The lowest BCUT2D eigenvalue weighted by molar-refractivity contribution is -0.139. The molecule has 0 aromatic heterocycles. The van der Waals surface area contributed by atoms with Gasteiger partial charge in [-0.2, -0.15) is 13.2 Å². The van der Waals surface area contributed by atoms with E-state index in [1.165, 1.54) is 0 Å². The van der Waals surface area contributed by atoms with E-state index in [2.05, 4.69) is 0 Å². The Morgan fingerprint density at radius 2 is 1.79 bits per heavy atom. The summed E-state index contributed by atoms with van der Waals surface area (Å²) in [5.74, 6) is -1.39. The van der Waals surface area contributed by atoms with Crippen LogP contribution in [-0.4, -0.2) is 0 Å². The maximum atomic E-state index is 12.9. The second-order valence-electron chi connectivity index (χ2n) is 2.74. The quantitative estimate of drug-likeness (QED) is 0.547. The first-order chi connectivity index (χ1) is 6.36. The summed E-state index contributed by atoms with van der Waals surface area (Å²) < 4.78 is 49.5. The summed E-state index contributed by atoms with van der Waals surface area (Å²) in [6, 6.07) is 1.76. The van der Waals surface area contributed by atoms with Crippen LogP contribution in [0, 0.1) is 5.82 Å². The Bertz CT molecular complexity index is 323. The van der Waals surface area contributed by atoms with Gasteiger partial charge in [0, 0.05) is 12.2 Å². The molecule has 0 aliphatic heterocycles. The number of halogens is 4. The summed E-state index contributed by atoms with van der Waals surface area (Å²) in [6.07, 6.45) is -4.78. The topological polar surface area (TPSA) is 52.0 Å². The standard InChI is InChI=1S/C8H8F4N2/c9-5-1-4(3-13)2-6(14)7(5)8(10,11)12/h1-2H,3,13-14H2. The molecule has 1 rings (SSSR count). The van der Waals surface area contributed by atoms with Gasteiger partial charge >= 0.3 is 6.18 Å². The molecule has 0 aliphatic carbocycles. The van der Waals surface area contributed by atoms with Gasteiger partial charge in [-0.15, -0.1) is 0 Å². The fraction of sp³-hybridized carbons (Fsp3) is 0.250. The predicted molar refractivity (Wildman–Crippen MR) is 43.7 cm³/mol. The van der Waals surface area contributed by atoms with Crippen LogP contribution in [0.25, 0.3) is 0 Å². The number of hydrogen-bond acceptors (Lipinski definition) is 2. The van der Waals surface area contributed by atoms with Gasteiger partial charge in [0.25, 0.3) is 0 Å². The SMILES string of the molecule is NCc1cc(N)c(C(F)(F)F)c(F)c1. The summed E-state index contributed by atoms with van der Waals surface area (Å²) in [5.41, 5.74) is 8.36. The summed E-state index contributed by atoms with van der Waals surface area (Å²) in [5, 5.41) is 0. The molecule has 1 aromatic rings. The minimum atomic E-state index is -4.78. The fourth-order valence-corrected chi connectivity index (χ4v) is 1.10. The number of rotatable bonds is 1. The Labute approximate surface area is 77.5 Å². The van der Waals surface area contributed by atoms with E-state index in [4.69, 9.17) is 11.5 Å². The van der Waals surface area contributed by atoms with Crippen LogP contribution in [0.5, 0.6) is 0 Å². The van der Waals surface area contributed by atoms with Crippen molar-refractivity contribution < 1.29 is 17.6 Å². The minimum Gasteiger partial charge on any atom is -0.398 e. The number of anilines is 1. The van der Waals surface area contributed by atoms with Crippen LogP contribution in [0.15, 0.2) is 12.1 Å². The first-order valence-corrected chi connectivity index (χ1v) is 3.71. The highest BCUT2D eigenvalue weighted by molar-refractivity contribution is 5.51. The number of alkyl halides is 3. The van der Waals surface area contributed by atoms with E-state index in [1.54, 1.807) is 0 Å². The summed E-state index contributed by atoms with van der Waals surface area (Å²) in [7, 11) is 0. The number of nitrogen functional groups attached to an aromatic ring is 1. The van der Waals surface area contributed by atoms with Crippen molar-refractivity contribution in [1.82, 2.24) is 0 Å². The van der Waals surface area contributed by atoms with E-state index >= 15 is 0 Å². The molecule has 0 atom stereocenters. The molecule has 0 amide bonds. The summed E-state index contributed by atoms with van der Waals surface area (Å²) >= 11 is 0. The van der Waals surface area contributed by atoms with Crippen LogP contribution >= 0.6 is 0 Å². The molecule has 14 heavy (non-hydrogen) atoms. The van der Waals surface area contributed by atoms with E-state index in [9.17, 15) is 17.6 Å². The predicted octanol–water partition coefficient (Wildman–Crippen LogP) is 1.89. The third kappa shape index (κ3) is 1.95. The van der Waals surface area contributed by atoms with Crippen molar-refractivity contribution in [2.45, 2.75) is 12.7 Å². The molecular formula is C8H8F4N2. The van der Waals surface area contributed by atoms with Gasteiger partial charge in [-0.1, -0.05) is 0 Å². The zero-order valence-corrected chi connectivity index (χ0v) is 7.03. The zero-order chi connectivity index (χ0) is 10.9. The molecule has 0 aliphatic rings. The molecule has 0 saturated heterocycles. The van der Waals surface area contributed by atoms with E-state index in [-0.39, 0.29) is 12.1 Å². The van der Waals surface area contributed by atoms with Crippen molar-refractivity contribution in [2.24, 2.45) is 5.73 Å². The minimum absolute atomic E-state index is 0.0563. The molecule has 0 unspecified atom stereocenters.